The minimum atomic E-state index is 0.385. The maximum atomic E-state index is 4.34. The third-order valence-electron chi connectivity index (χ3n) is 2.98. The van der Waals surface area contributed by atoms with E-state index in [9.17, 15) is 0 Å². The quantitative estimate of drug-likeness (QED) is 0.902. The number of nitrogens with one attached hydrogen (secondary N) is 1. The molecule has 98 valence electrons. The number of anilines is 1. The van der Waals surface area contributed by atoms with Gasteiger partial charge in [0.2, 0.25) is 0 Å². The predicted molar refractivity (Wildman–Crippen MR) is 73.6 cm³/mol. The summed E-state index contributed by atoms with van der Waals surface area (Å²) in [5.41, 5.74) is 2.02. The highest BCUT2D eigenvalue weighted by molar-refractivity contribution is 5.82. The molecule has 2 aromatic rings. The zero-order chi connectivity index (χ0) is 13.2. The van der Waals surface area contributed by atoms with Crippen LogP contribution >= 0.6 is 0 Å². The molecule has 2 heterocycles. The Labute approximate surface area is 108 Å². The van der Waals surface area contributed by atoms with Crippen LogP contribution in [0.4, 0.5) is 5.82 Å². The summed E-state index contributed by atoms with van der Waals surface area (Å²) < 4.78 is 0. The minimum absolute atomic E-state index is 0.385. The topological polar surface area (TPSA) is 57.7 Å². The van der Waals surface area contributed by atoms with Crippen LogP contribution in [0.15, 0.2) is 12.7 Å². The molecule has 0 aliphatic carbocycles. The van der Waals surface area contributed by atoms with Crippen molar-refractivity contribution in [2.75, 3.05) is 18.5 Å². The Hall–Kier alpha value is -1.65. The van der Waals surface area contributed by atoms with E-state index >= 15 is 0 Å². The summed E-state index contributed by atoms with van der Waals surface area (Å²) in [7, 11) is 2.06. The van der Waals surface area contributed by atoms with Crippen LogP contribution in [0.2, 0.25) is 0 Å². The minimum Gasteiger partial charge on any atom is -0.358 e. The maximum Gasteiger partial charge on any atom is 0.182 e. The van der Waals surface area contributed by atoms with Crippen molar-refractivity contribution in [3.05, 3.63) is 12.7 Å². The van der Waals surface area contributed by atoms with E-state index in [1.807, 2.05) is 0 Å². The lowest BCUT2D eigenvalue weighted by Gasteiger charge is -2.22. The molecular weight excluding hydrogens is 226 g/mol. The molecule has 0 fully saturated rings. The van der Waals surface area contributed by atoms with Gasteiger partial charge in [-0.2, -0.15) is 0 Å². The van der Waals surface area contributed by atoms with Crippen LogP contribution in [0, 0.1) is 5.41 Å². The van der Waals surface area contributed by atoms with Gasteiger partial charge in [0.15, 0.2) is 11.5 Å². The van der Waals surface area contributed by atoms with Gasteiger partial charge in [-0.15, -0.1) is 0 Å². The lowest BCUT2D eigenvalue weighted by Crippen LogP contribution is -2.21. The standard InChI is InChI=1S/C13H21N5/c1-13(2,3)6-5-7-18(4)12-10-11(15-8-14-10)16-9-17-12/h8-9H,5-7H2,1-4H3,(H,14,15,16,17). The molecule has 18 heavy (non-hydrogen) atoms. The molecule has 0 saturated heterocycles. The Balaban J connectivity index is 2.05. The molecule has 2 aromatic heterocycles. The largest absolute Gasteiger partial charge is 0.358 e. The Bertz CT molecular complexity index is 511. The van der Waals surface area contributed by atoms with E-state index in [4.69, 9.17) is 0 Å². The summed E-state index contributed by atoms with van der Waals surface area (Å²) in [5, 5.41) is 0. The van der Waals surface area contributed by atoms with Crippen molar-refractivity contribution in [1.29, 1.82) is 0 Å². The molecule has 0 atom stereocenters. The van der Waals surface area contributed by atoms with E-state index in [1.165, 1.54) is 6.42 Å². The smallest absolute Gasteiger partial charge is 0.182 e. The molecule has 0 bridgehead atoms. The van der Waals surface area contributed by atoms with Crippen LogP contribution in [0.3, 0.4) is 0 Å². The van der Waals surface area contributed by atoms with Gasteiger partial charge in [-0.05, 0) is 18.3 Å². The molecule has 2 rings (SSSR count). The number of fused-ring (bicyclic) bond motifs is 1. The SMILES string of the molecule is CN(CCCC(C)(C)C)c1ncnc2nc[nH]c12. The number of hydrogen-bond donors (Lipinski definition) is 1. The van der Waals surface area contributed by atoms with Gasteiger partial charge in [-0.25, -0.2) is 15.0 Å². The third kappa shape index (κ3) is 2.97. The van der Waals surface area contributed by atoms with Gasteiger partial charge in [-0.1, -0.05) is 20.8 Å². The van der Waals surface area contributed by atoms with E-state index in [1.54, 1.807) is 12.7 Å². The molecule has 0 spiro atoms. The van der Waals surface area contributed by atoms with E-state index in [2.05, 4.69) is 52.7 Å². The number of hydrogen-bond acceptors (Lipinski definition) is 4. The molecule has 0 unspecified atom stereocenters. The molecule has 0 aliphatic heterocycles. The highest BCUT2D eigenvalue weighted by Crippen LogP contribution is 2.22. The zero-order valence-corrected chi connectivity index (χ0v) is 11.6. The van der Waals surface area contributed by atoms with Crippen molar-refractivity contribution in [2.24, 2.45) is 5.41 Å². The van der Waals surface area contributed by atoms with Crippen LogP contribution in [0.5, 0.6) is 0 Å². The first-order chi connectivity index (χ1) is 8.47. The number of rotatable bonds is 4. The Kier molecular flexibility index (Phi) is 3.50. The second-order valence-electron chi connectivity index (χ2n) is 5.88. The highest BCUT2D eigenvalue weighted by atomic mass is 15.2. The van der Waals surface area contributed by atoms with Crippen molar-refractivity contribution in [1.82, 2.24) is 19.9 Å². The zero-order valence-electron chi connectivity index (χ0n) is 11.6. The number of aromatic amines is 1. The van der Waals surface area contributed by atoms with E-state index in [-0.39, 0.29) is 0 Å². The average molecular weight is 247 g/mol. The molecule has 5 heteroatoms. The first-order valence-electron chi connectivity index (χ1n) is 6.32. The van der Waals surface area contributed by atoms with Crippen molar-refractivity contribution in [2.45, 2.75) is 33.6 Å². The lowest BCUT2D eigenvalue weighted by molar-refractivity contribution is 0.367. The molecule has 5 nitrogen and oxygen atoms in total. The molecule has 1 N–H and O–H groups in total. The Morgan fingerprint density at radius 3 is 2.72 bits per heavy atom. The number of H-pyrrole nitrogens is 1. The molecular formula is C13H21N5. The molecule has 0 saturated carbocycles. The van der Waals surface area contributed by atoms with Crippen LogP contribution in [-0.4, -0.2) is 33.5 Å². The summed E-state index contributed by atoms with van der Waals surface area (Å²) in [4.78, 5) is 17.9. The van der Waals surface area contributed by atoms with Gasteiger partial charge >= 0.3 is 0 Å². The highest BCUT2D eigenvalue weighted by Gasteiger charge is 2.13. The fourth-order valence-electron chi connectivity index (χ4n) is 1.99. The molecule has 0 aromatic carbocycles. The van der Waals surface area contributed by atoms with E-state index in [0.29, 0.717) is 5.41 Å². The van der Waals surface area contributed by atoms with Crippen molar-refractivity contribution in [3.8, 4) is 0 Å². The van der Waals surface area contributed by atoms with Gasteiger partial charge < -0.3 is 9.88 Å². The van der Waals surface area contributed by atoms with Crippen LogP contribution in [0.1, 0.15) is 33.6 Å². The van der Waals surface area contributed by atoms with Gasteiger partial charge in [0.25, 0.3) is 0 Å². The molecule has 0 amide bonds. The van der Waals surface area contributed by atoms with Gasteiger partial charge in [0.05, 0.1) is 6.33 Å². The van der Waals surface area contributed by atoms with Gasteiger partial charge in [-0.3, -0.25) is 0 Å². The van der Waals surface area contributed by atoms with E-state index in [0.717, 1.165) is 29.9 Å². The van der Waals surface area contributed by atoms with Crippen molar-refractivity contribution in [3.63, 3.8) is 0 Å². The molecule has 0 radical (unpaired) electrons. The second kappa shape index (κ2) is 4.92. The average Bonchev–Trinajstić information content (AvgIpc) is 2.74. The van der Waals surface area contributed by atoms with Crippen molar-refractivity contribution >= 4 is 17.0 Å². The maximum absolute atomic E-state index is 4.34. The third-order valence-corrected chi connectivity index (χ3v) is 2.98. The monoisotopic (exact) mass is 247 g/mol. The summed E-state index contributed by atoms with van der Waals surface area (Å²) in [5.74, 6) is 0.923. The first-order valence-corrected chi connectivity index (χ1v) is 6.32. The number of imidazole rings is 1. The predicted octanol–water partition coefficient (Wildman–Crippen LogP) is 2.62. The number of aromatic nitrogens is 4. The summed E-state index contributed by atoms with van der Waals surface area (Å²) in [6.45, 7) is 7.79. The number of nitrogens with zero attached hydrogens (tertiary/aromatic N) is 4. The fraction of sp³-hybridized carbons (Fsp3) is 0.615. The van der Waals surface area contributed by atoms with Gasteiger partial charge in [0, 0.05) is 13.6 Å². The van der Waals surface area contributed by atoms with Crippen LogP contribution in [0.25, 0.3) is 11.2 Å². The Morgan fingerprint density at radius 1 is 1.22 bits per heavy atom. The summed E-state index contributed by atoms with van der Waals surface area (Å²) in [6, 6.07) is 0. The Morgan fingerprint density at radius 2 is 2.00 bits per heavy atom. The summed E-state index contributed by atoms with van der Waals surface area (Å²) in [6.07, 6.45) is 5.58. The van der Waals surface area contributed by atoms with Crippen LogP contribution in [-0.2, 0) is 0 Å². The fourth-order valence-corrected chi connectivity index (χ4v) is 1.99. The van der Waals surface area contributed by atoms with Crippen LogP contribution < -0.4 is 4.90 Å². The first kappa shape index (κ1) is 12.8. The lowest BCUT2D eigenvalue weighted by atomic mass is 9.90. The molecule has 0 aliphatic rings. The van der Waals surface area contributed by atoms with Crippen molar-refractivity contribution < 1.29 is 0 Å². The summed E-state index contributed by atoms with van der Waals surface area (Å²) >= 11 is 0. The normalized spacial score (nSPS) is 12.0. The van der Waals surface area contributed by atoms with E-state index < -0.39 is 0 Å². The van der Waals surface area contributed by atoms with Gasteiger partial charge in [0.1, 0.15) is 11.8 Å². The second-order valence-corrected chi connectivity index (χ2v) is 5.88.